The number of aromatic nitrogens is 5. The first kappa shape index (κ1) is 18.6. The second-order valence-corrected chi connectivity index (χ2v) is 9.15. The van der Waals surface area contributed by atoms with E-state index in [4.69, 9.17) is 5.73 Å². The number of nitrogens with zero attached hydrogens (tertiary/aromatic N) is 6. The van der Waals surface area contributed by atoms with Gasteiger partial charge in [-0.25, -0.2) is 9.97 Å². The van der Waals surface area contributed by atoms with Gasteiger partial charge in [-0.1, -0.05) is 11.8 Å². The Hall–Kier alpha value is -2.45. The predicted octanol–water partition coefficient (Wildman–Crippen LogP) is 3.14. The molecular weight excluding hydrogens is 382 g/mol. The first-order valence-corrected chi connectivity index (χ1v) is 10.8. The van der Waals surface area contributed by atoms with Crippen molar-refractivity contribution in [1.29, 1.82) is 0 Å². The Morgan fingerprint density at radius 3 is 2.62 bits per heavy atom. The second-order valence-electron chi connectivity index (χ2n) is 8.09. The zero-order chi connectivity index (χ0) is 20.0. The van der Waals surface area contributed by atoms with Gasteiger partial charge < -0.3 is 10.6 Å². The van der Waals surface area contributed by atoms with Crippen molar-refractivity contribution < 1.29 is 0 Å². The molecule has 3 aromatic rings. The quantitative estimate of drug-likeness (QED) is 0.714. The van der Waals surface area contributed by atoms with Gasteiger partial charge in [0.15, 0.2) is 0 Å². The lowest BCUT2D eigenvalue weighted by Crippen LogP contribution is -2.45. The molecule has 5 rings (SSSR count). The van der Waals surface area contributed by atoms with E-state index in [1.165, 1.54) is 5.69 Å². The molecule has 1 fully saturated rings. The van der Waals surface area contributed by atoms with E-state index >= 15 is 0 Å². The zero-order valence-electron chi connectivity index (χ0n) is 16.7. The highest BCUT2D eigenvalue weighted by Crippen LogP contribution is 2.47. The summed E-state index contributed by atoms with van der Waals surface area (Å²) in [6, 6.07) is 6.25. The molecule has 1 atom stereocenters. The Bertz CT molecular complexity index is 1020. The standard InChI is InChI=1S/C21H25N7S/c1-14-3-4-17(15(2)26-14)29-19-12-23-18(11-24-19)27-9-6-21(7-10-27)13-28-16(20(21)22)5-8-25-28/h3-5,8,11-12,20H,6-7,9-10,13,22H2,1-2H3/t20-/m1/s1. The van der Waals surface area contributed by atoms with Crippen LogP contribution in [0.5, 0.6) is 0 Å². The molecule has 0 amide bonds. The van der Waals surface area contributed by atoms with Crippen LogP contribution >= 0.6 is 11.8 Å². The molecule has 0 radical (unpaired) electrons. The number of hydrogen-bond donors (Lipinski definition) is 1. The zero-order valence-corrected chi connectivity index (χ0v) is 17.6. The highest BCUT2D eigenvalue weighted by atomic mass is 32.2. The summed E-state index contributed by atoms with van der Waals surface area (Å²) in [7, 11) is 0. The largest absolute Gasteiger partial charge is 0.355 e. The van der Waals surface area contributed by atoms with Crippen LogP contribution in [0.15, 0.2) is 46.7 Å². The summed E-state index contributed by atoms with van der Waals surface area (Å²) in [5.41, 5.74) is 9.93. The van der Waals surface area contributed by atoms with Gasteiger partial charge in [-0.2, -0.15) is 5.10 Å². The molecule has 1 spiro atoms. The fraction of sp³-hybridized carbons (Fsp3) is 0.429. The van der Waals surface area contributed by atoms with E-state index in [1.54, 1.807) is 11.8 Å². The number of anilines is 1. The van der Waals surface area contributed by atoms with Crippen molar-refractivity contribution in [2.24, 2.45) is 11.1 Å². The fourth-order valence-electron chi connectivity index (χ4n) is 4.52. The highest BCUT2D eigenvalue weighted by molar-refractivity contribution is 7.99. The Labute approximate surface area is 174 Å². The van der Waals surface area contributed by atoms with Crippen LogP contribution in [0.3, 0.4) is 0 Å². The minimum Gasteiger partial charge on any atom is -0.355 e. The smallest absolute Gasteiger partial charge is 0.147 e. The van der Waals surface area contributed by atoms with Gasteiger partial charge in [-0.3, -0.25) is 9.67 Å². The number of rotatable bonds is 3. The number of aryl methyl sites for hydroxylation is 2. The molecule has 29 heavy (non-hydrogen) atoms. The SMILES string of the molecule is Cc1ccc(Sc2cnc(N3CCC4(CC3)Cn3nccc3[C@H]4N)cn2)c(C)n1. The fourth-order valence-corrected chi connectivity index (χ4v) is 5.29. The monoisotopic (exact) mass is 407 g/mol. The van der Waals surface area contributed by atoms with Crippen molar-refractivity contribution in [3.05, 3.63) is 53.9 Å². The van der Waals surface area contributed by atoms with Crippen LogP contribution in [-0.2, 0) is 6.54 Å². The Balaban J connectivity index is 1.24. The van der Waals surface area contributed by atoms with Gasteiger partial charge in [0.1, 0.15) is 10.8 Å². The second kappa shape index (κ2) is 7.11. The van der Waals surface area contributed by atoms with Gasteiger partial charge in [0.2, 0.25) is 0 Å². The van der Waals surface area contributed by atoms with E-state index in [1.807, 2.05) is 38.5 Å². The Morgan fingerprint density at radius 1 is 1.10 bits per heavy atom. The molecule has 0 unspecified atom stereocenters. The van der Waals surface area contributed by atoms with Crippen molar-refractivity contribution >= 4 is 17.6 Å². The van der Waals surface area contributed by atoms with Crippen LogP contribution in [-0.4, -0.2) is 37.8 Å². The molecule has 2 N–H and O–H groups in total. The first-order valence-electron chi connectivity index (χ1n) is 10.0. The molecule has 7 nitrogen and oxygen atoms in total. The van der Waals surface area contributed by atoms with E-state index < -0.39 is 0 Å². The third-order valence-corrected chi connectivity index (χ3v) is 7.35. The van der Waals surface area contributed by atoms with E-state index in [2.05, 4.69) is 41.8 Å². The first-order chi connectivity index (χ1) is 14.0. The maximum atomic E-state index is 6.58. The van der Waals surface area contributed by atoms with E-state index in [0.29, 0.717) is 0 Å². The van der Waals surface area contributed by atoms with Crippen LogP contribution < -0.4 is 10.6 Å². The third kappa shape index (κ3) is 3.30. The summed E-state index contributed by atoms with van der Waals surface area (Å²) in [5.74, 6) is 0.937. The van der Waals surface area contributed by atoms with Crippen LogP contribution in [0.2, 0.25) is 0 Å². The lowest BCUT2D eigenvalue weighted by molar-refractivity contribution is 0.170. The van der Waals surface area contributed by atoms with Gasteiger partial charge in [0, 0.05) is 41.8 Å². The van der Waals surface area contributed by atoms with Crippen LogP contribution in [0.1, 0.15) is 36.0 Å². The molecule has 1 saturated heterocycles. The summed E-state index contributed by atoms with van der Waals surface area (Å²) in [6.45, 7) is 6.85. The van der Waals surface area contributed by atoms with Gasteiger partial charge in [-0.05, 0) is 44.9 Å². The lowest BCUT2D eigenvalue weighted by Gasteiger charge is -2.41. The number of piperidine rings is 1. The number of pyridine rings is 1. The summed E-state index contributed by atoms with van der Waals surface area (Å²) in [5, 5.41) is 5.31. The van der Waals surface area contributed by atoms with E-state index in [-0.39, 0.29) is 11.5 Å². The van der Waals surface area contributed by atoms with Gasteiger partial charge in [-0.15, -0.1) is 0 Å². The minimum absolute atomic E-state index is 0.0726. The molecule has 0 aromatic carbocycles. The van der Waals surface area contributed by atoms with Crippen LogP contribution in [0.25, 0.3) is 0 Å². The van der Waals surface area contributed by atoms with Crippen LogP contribution in [0.4, 0.5) is 5.82 Å². The molecule has 3 aromatic heterocycles. The molecule has 150 valence electrons. The average molecular weight is 408 g/mol. The van der Waals surface area contributed by atoms with Crippen molar-refractivity contribution in [1.82, 2.24) is 24.7 Å². The highest BCUT2D eigenvalue weighted by Gasteiger charge is 2.46. The summed E-state index contributed by atoms with van der Waals surface area (Å²) >= 11 is 1.61. The van der Waals surface area contributed by atoms with Gasteiger partial charge in [0.05, 0.1) is 29.8 Å². The molecule has 0 bridgehead atoms. The van der Waals surface area contributed by atoms with Crippen molar-refractivity contribution in [2.75, 3.05) is 18.0 Å². The van der Waals surface area contributed by atoms with E-state index in [9.17, 15) is 0 Å². The summed E-state index contributed by atoms with van der Waals surface area (Å²) < 4.78 is 2.08. The Kier molecular flexibility index (Phi) is 4.55. The molecule has 8 heteroatoms. The number of nitrogens with two attached hydrogens (primary N) is 1. The minimum atomic E-state index is 0.0726. The van der Waals surface area contributed by atoms with Gasteiger partial charge >= 0.3 is 0 Å². The maximum absolute atomic E-state index is 6.58. The van der Waals surface area contributed by atoms with Crippen LogP contribution in [0, 0.1) is 19.3 Å². The normalized spacial score (nSPS) is 20.2. The molecule has 0 saturated carbocycles. The summed E-state index contributed by atoms with van der Waals surface area (Å²) in [6.07, 6.45) is 7.69. The molecule has 0 aliphatic carbocycles. The van der Waals surface area contributed by atoms with E-state index in [0.717, 1.165) is 59.6 Å². The average Bonchev–Trinajstić information content (AvgIpc) is 3.27. The van der Waals surface area contributed by atoms with Crippen molar-refractivity contribution in [3.8, 4) is 0 Å². The third-order valence-electron chi connectivity index (χ3n) is 6.28. The van der Waals surface area contributed by atoms with Crippen molar-refractivity contribution in [3.63, 3.8) is 0 Å². The maximum Gasteiger partial charge on any atom is 0.147 e. The molecule has 2 aliphatic rings. The predicted molar refractivity (Wildman–Crippen MR) is 113 cm³/mol. The molecular formula is C21H25N7S. The topological polar surface area (TPSA) is 85.8 Å². The summed E-state index contributed by atoms with van der Waals surface area (Å²) in [4.78, 5) is 17.3. The van der Waals surface area contributed by atoms with Gasteiger partial charge in [0.25, 0.3) is 0 Å². The number of hydrogen-bond acceptors (Lipinski definition) is 7. The number of fused-ring (bicyclic) bond motifs is 1. The Morgan fingerprint density at radius 2 is 1.93 bits per heavy atom. The molecule has 5 heterocycles. The van der Waals surface area contributed by atoms with Crippen molar-refractivity contribution in [2.45, 2.75) is 49.2 Å². The lowest BCUT2D eigenvalue weighted by atomic mass is 9.73. The molecule has 2 aliphatic heterocycles.